The number of rotatable bonds is 6. The van der Waals surface area contributed by atoms with Crippen LogP contribution in [0.3, 0.4) is 0 Å². The maximum absolute atomic E-state index is 5.62. The zero-order valence-electron chi connectivity index (χ0n) is 17.6. The van der Waals surface area contributed by atoms with Crippen molar-refractivity contribution in [3.8, 4) is 5.75 Å². The average Bonchev–Trinajstić information content (AvgIpc) is 3.27. The molecule has 160 valence electrons. The highest BCUT2D eigenvalue weighted by Crippen LogP contribution is 2.26. The number of nitrogens with one attached hydrogen (secondary N) is 1. The maximum Gasteiger partial charge on any atom is 0.227 e. The Morgan fingerprint density at radius 1 is 1.03 bits per heavy atom. The average molecular weight is 410 g/mol. The van der Waals surface area contributed by atoms with Crippen molar-refractivity contribution in [2.45, 2.75) is 31.7 Å². The Labute approximate surface area is 178 Å². The number of hydrogen-bond donors (Lipinski definition) is 1. The van der Waals surface area contributed by atoms with Crippen molar-refractivity contribution in [3.63, 3.8) is 0 Å². The number of piperidine rings is 1. The summed E-state index contributed by atoms with van der Waals surface area (Å²) in [4.78, 5) is 14.0. The summed E-state index contributed by atoms with van der Waals surface area (Å²) >= 11 is 0. The Hall–Kier alpha value is -2.38. The number of nitrogens with zero attached hydrogens (tertiary/aromatic N) is 4. The molecule has 0 atom stereocenters. The molecule has 0 unspecified atom stereocenters. The van der Waals surface area contributed by atoms with Gasteiger partial charge in [0.1, 0.15) is 11.6 Å². The van der Waals surface area contributed by atoms with Gasteiger partial charge < -0.3 is 24.6 Å². The van der Waals surface area contributed by atoms with Crippen LogP contribution in [0.5, 0.6) is 5.75 Å². The fourth-order valence-electron chi connectivity index (χ4n) is 4.54. The normalized spacial score (nSPS) is 20.1. The fourth-order valence-corrected chi connectivity index (χ4v) is 4.54. The van der Waals surface area contributed by atoms with E-state index in [1.165, 1.54) is 11.1 Å². The van der Waals surface area contributed by atoms with E-state index in [2.05, 4.69) is 38.3 Å². The number of morpholine rings is 1. The Kier molecular flexibility index (Phi) is 5.99. The zero-order valence-corrected chi connectivity index (χ0v) is 17.6. The summed E-state index contributed by atoms with van der Waals surface area (Å²) in [5.41, 5.74) is 2.80. The molecular formula is C23H31N5O2. The van der Waals surface area contributed by atoms with E-state index < -0.39 is 0 Å². The molecule has 3 aliphatic rings. The third-order valence-corrected chi connectivity index (χ3v) is 6.35. The van der Waals surface area contributed by atoms with Gasteiger partial charge in [0.25, 0.3) is 0 Å². The lowest BCUT2D eigenvalue weighted by atomic mass is 10.0. The lowest BCUT2D eigenvalue weighted by Gasteiger charge is -2.33. The minimum Gasteiger partial charge on any atom is -0.493 e. The zero-order chi connectivity index (χ0) is 20.2. The number of fused-ring (bicyclic) bond motifs is 1. The van der Waals surface area contributed by atoms with E-state index in [0.29, 0.717) is 6.04 Å². The van der Waals surface area contributed by atoms with Crippen molar-refractivity contribution >= 4 is 11.8 Å². The number of benzene rings is 1. The Morgan fingerprint density at radius 2 is 1.90 bits per heavy atom. The number of likely N-dealkylation sites (tertiary alicyclic amines) is 1. The molecule has 0 aliphatic carbocycles. The molecule has 2 saturated heterocycles. The summed E-state index contributed by atoms with van der Waals surface area (Å²) < 4.78 is 11.0. The van der Waals surface area contributed by atoms with Crippen LogP contribution in [0, 0.1) is 0 Å². The molecule has 3 aliphatic heterocycles. The lowest BCUT2D eigenvalue weighted by Crippen LogP contribution is -2.40. The minimum absolute atomic E-state index is 0.478. The molecule has 1 aromatic carbocycles. The maximum atomic E-state index is 5.62. The van der Waals surface area contributed by atoms with Gasteiger partial charge in [0.05, 0.1) is 19.8 Å². The molecule has 30 heavy (non-hydrogen) atoms. The second-order valence-electron chi connectivity index (χ2n) is 8.39. The Morgan fingerprint density at radius 3 is 2.77 bits per heavy atom. The van der Waals surface area contributed by atoms with Gasteiger partial charge in [0.2, 0.25) is 5.95 Å². The number of aromatic nitrogens is 2. The van der Waals surface area contributed by atoms with Gasteiger partial charge in [-0.25, -0.2) is 4.98 Å². The van der Waals surface area contributed by atoms with E-state index in [4.69, 9.17) is 14.5 Å². The van der Waals surface area contributed by atoms with Crippen LogP contribution in [-0.2, 0) is 17.6 Å². The highest BCUT2D eigenvalue weighted by molar-refractivity contribution is 5.42. The predicted molar refractivity (Wildman–Crippen MR) is 117 cm³/mol. The molecule has 0 saturated carbocycles. The minimum atomic E-state index is 0.478. The van der Waals surface area contributed by atoms with Gasteiger partial charge in [0.15, 0.2) is 0 Å². The van der Waals surface area contributed by atoms with Crippen LogP contribution in [0.1, 0.15) is 24.0 Å². The van der Waals surface area contributed by atoms with E-state index in [-0.39, 0.29) is 0 Å². The molecule has 5 rings (SSSR count). The van der Waals surface area contributed by atoms with Crippen molar-refractivity contribution < 1.29 is 9.47 Å². The Balaban J connectivity index is 1.09. The quantitative estimate of drug-likeness (QED) is 0.786. The molecule has 0 amide bonds. The SMILES string of the molecule is c1cc(NC2CCN(CCc3ccc4c(c3)CCO4)CC2)nc(N2CCOCC2)n1. The van der Waals surface area contributed by atoms with Crippen LogP contribution < -0.4 is 15.0 Å². The van der Waals surface area contributed by atoms with Gasteiger partial charge in [-0.05, 0) is 42.5 Å². The van der Waals surface area contributed by atoms with Crippen molar-refractivity contribution in [1.29, 1.82) is 0 Å². The molecule has 2 aromatic rings. The van der Waals surface area contributed by atoms with E-state index >= 15 is 0 Å². The fraction of sp³-hybridized carbons (Fsp3) is 0.565. The van der Waals surface area contributed by atoms with E-state index in [9.17, 15) is 0 Å². The molecule has 1 N–H and O–H groups in total. The van der Waals surface area contributed by atoms with Crippen LogP contribution in [0.2, 0.25) is 0 Å². The molecule has 1 aromatic heterocycles. The largest absolute Gasteiger partial charge is 0.493 e. The van der Waals surface area contributed by atoms with Gasteiger partial charge >= 0.3 is 0 Å². The smallest absolute Gasteiger partial charge is 0.227 e. The van der Waals surface area contributed by atoms with Gasteiger partial charge in [-0.1, -0.05) is 12.1 Å². The molecule has 4 heterocycles. The summed E-state index contributed by atoms with van der Waals surface area (Å²) in [6.07, 6.45) is 6.32. The summed E-state index contributed by atoms with van der Waals surface area (Å²) in [7, 11) is 0. The third kappa shape index (κ3) is 4.68. The first-order valence-corrected chi connectivity index (χ1v) is 11.2. The highest BCUT2D eigenvalue weighted by Gasteiger charge is 2.20. The summed E-state index contributed by atoms with van der Waals surface area (Å²) in [5.74, 6) is 2.82. The molecule has 2 fully saturated rings. The van der Waals surface area contributed by atoms with Crippen LogP contribution in [0.4, 0.5) is 11.8 Å². The third-order valence-electron chi connectivity index (χ3n) is 6.35. The van der Waals surface area contributed by atoms with Crippen LogP contribution in [0.25, 0.3) is 0 Å². The number of anilines is 2. The standard InChI is InChI=1S/C23H31N5O2/c1-2-21-19(7-14-30-21)17-18(1)4-9-27-10-5-20(6-11-27)25-22-3-8-24-23(26-22)28-12-15-29-16-13-28/h1-3,8,17,20H,4-7,9-16H2,(H,24,25,26). The van der Waals surface area contributed by atoms with E-state index in [1.54, 1.807) is 0 Å². The van der Waals surface area contributed by atoms with Crippen LogP contribution in [-0.4, -0.2) is 73.5 Å². The van der Waals surface area contributed by atoms with Crippen LogP contribution >= 0.6 is 0 Å². The van der Waals surface area contributed by atoms with Crippen molar-refractivity contribution in [3.05, 3.63) is 41.6 Å². The van der Waals surface area contributed by atoms with Crippen molar-refractivity contribution in [2.24, 2.45) is 0 Å². The molecular weight excluding hydrogens is 378 g/mol. The van der Waals surface area contributed by atoms with Gasteiger partial charge in [-0.2, -0.15) is 4.98 Å². The van der Waals surface area contributed by atoms with Crippen molar-refractivity contribution in [1.82, 2.24) is 14.9 Å². The first-order chi connectivity index (χ1) is 14.8. The Bertz CT molecular complexity index is 847. The first kappa shape index (κ1) is 19.6. The second kappa shape index (κ2) is 9.18. The highest BCUT2D eigenvalue weighted by atomic mass is 16.5. The molecule has 0 radical (unpaired) electrons. The topological polar surface area (TPSA) is 62.8 Å². The van der Waals surface area contributed by atoms with Crippen LogP contribution in [0.15, 0.2) is 30.5 Å². The van der Waals surface area contributed by atoms with Gasteiger partial charge in [-0.3, -0.25) is 0 Å². The van der Waals surface area contributed by atoms with E-state index in [1.807, 2.05) is 12.3 Å². The lowest BCUT2D eigenvalue weighted by molar-refractivity contribution is 0.122. The van der Waals surface area contributed by atoms with E-state index in [0.717, 1.165) is 95.7 Å². The van der Waals surface area contributed by atoms with Gasteiger partial charge in [0, 0.05) is 51.4 Å². The second-order valence-corrected chi connectivity index (χ2v) is 8.39. The summed E-state index contributed by atoms with van der Waals surface area (Å²) in [5, 5.41) is 3.63. The molecule has 7 heteroatoms. The monoisotopic (exact) mass is 409 g/mol. The predicted octanol–water partition coefficient (Wildman–Crippen LogP) is 2.37. The first-order valence-electron chi connectivity index (χ1n) is 11.2. The molecule has 0 bridgehead atoms. The van der Waals surface area contributed by atoms with Crippen molar-refractivity contribution in [2.75, 3.05) is 62.8 Å². The number of hydrogen-bond acceptors (Lipinski definition) is 7. The number of ether oxygens (including phenoxy) is 2. The summed E-state index contributed by atoms with van der Waals surface area (Å²) in [6.45, 7) is 7.44. The summed E-state index contributed by atoms with van der Waals surface area (Å²) in [6, 6.07) is 9.15. The molecule has 7 nitrogen and oxygen atoms in total. The van der Waals surface area contributed by atoms with Gasteiger partial charge in [-0.15, -0.1) is 0 Å². The molecule has 0 spiro atoms.